The first kappa shape index (κ1) is 14.5. The van der Waals surface area contributed by atoms with Crippen LogP contribution in [0.5, 0.6) is 5.75 Å². The number of hydrogen-bond donors (Lipinski definition) is 1. The van der Waals surface area contributed by atoms with Gasteiger partial charge >= 0.3 is 0 Å². The first-order valence-electron chi connectivity index (χ1n) is 7.80. The highest BCUT2D eigenvalue weighted by Gasteiger charge is 2.08. The highest BCUT2D eigenvalue weighted by molar-refractivity contribution is 5.84. The van der Waals surface area contributed by atoms with Crippen LogP contribution >= 0.6 is 0 Å². The number of nitrogens with one attached hydrogen (secondary N) is 1. The molecule has 0 aliphatic rings. The second kappa shape index (κ2) is 5.81. The SMILES string of the molecule is COc1ccc(-c2cc(-c3ccc4[nH]ccc4c3)nc(C)n2)cc1. The molecule has 4 nitrogen and oxygen atoms in total. The van der Waals surface area contributed by atoms with E-state index in [0.29, 0.717) is 0 Å². The fourth-order valence-electron chi connectivity index (χ4n) is 2.84. The van der Waals surface area contributed by atoms with Gasteiger partial charge in [0, 0.05) is 28.2 Å². The van der Waals surface area contributed by atoms with Gasteiger partial charge in [0.15, 0.2) is 0 Å². The second-order valence-electron chi connectivity index (χ2n) is 5.69. The van der Waals surface area contributed by atoms with Gasteiger partial charge in [-0.3, -0.25) is 0 Å². The van der Waals surface area contributed by atoms with Crippen LogP contribution in [-0.2, 0) is 0 Å². The summed E-state index contributed by atoms with van der Waals surface area (Å²) in [5.74, 6) is 1.59. The molecule has 0 saturated carbocycles. The number of aromatic amines is 1. The summed E-state index contributed by atoms with van der Waals surface area (Å²) in [6, 6.07) is 18.3. The zero-order valence-electron chi connectivity index (χ0n) is 13.6. The topological polar surface area (TPSA) is 50.8 Å². The Kier molecular flexibility index (Phi) is 3.50. The summed E-state index contributed by atoms with van der Waals surface area (Å²) in [4.78, 5) is 12.4. The lowest BCUT2D eigenvalue weighted by molar-refractivity contribution is 0.415. The van der Waals surface area contributed by atoms with E-state index in [2.05, 4.69) is 39.2 Å². The van der Waals surface area contributed by atoms with Crippen molar-refractivity contribution in [3.63, 3.8) is 0 Å². The third-order valence-corrected chi connectivity index (χ3v) is 4.07. The van der Waals surface area contributed by atoms with Gasteiger partial charge in [0.1, 0.15) is 11.6 Å². The van der Waals surface area contributed by atoms with Gasteiger partial charge in [-0.15, -0.1) is 0 Å². The predicted octanol–water partition coefficient (Wildman–Crippen LogP) is 4.61. The van der Waals surface area contributed by atoms with Crippen LogP contribution in [0, 0.1) is 6.92 Å². The number of rotatable bonds is 3. The number of methoxy groups -OCH3 is 1. The molecule has 0 saturated heterocycles. The van der Waals surface area contributed by atoms with Gasteiger partial charge in [0.05, 0.1) is 18.5 Å². The average Bonchev–Trinajstić information content (AvgIpc) is 3.09. The molecule has 4 aromatic rings. The van der Waals surface area contributed by atoms with E-state index in [4.69, 9.17) is 4.74 Å². The van der Waals surface area contributed by atoms with Crippen molar-refractivity contribution in [2.75, 3.05) is 7.11 Å². The van der Waals surface area contributed by atoms with Crippen molar-refractivity contribution in [1.29, 1.82) is 0 Å². The molecule has 0 atom stereocenters. The van der Waals surface area contributed by atoms with Crippen molar-refractivity contribution < 1.29 is 4.74 Å². The van der Waals surface area contributed by atoms with Gasteiger partial charge in [-0.25, -0.2) is 9.97 Å². The Hall–Kier alpha value is -3.14. The van der Waals surface area contributed by atoms with E-state index in [-0.39, 0.29) is 0 Å². The lowest BCUT2D eigenvalue weighted by Crippen LogP contribution is -1.94. The lowest BCUT2D eigenvalue weighted by Gasteiger charge is -2.08. The van der Waals surface area contributed by atoms with Crippen LogP contribution in [-0.4, -0.2) is 22.1 Å². The van der Waals surface area contributed by atoms with E-state index in [1.54, 1.807) is 7.11 Å². The van der Waals surface area contributed by atoms with Crippen LogP contribution in [0.3, 0.4) is 0 Å². The summed E-state index contributed by atoms with van der Waals surface area (Å²) in [7, 11) is 1.67. The summed E-state index contributed by atoms with van der Waals surface area (Å²) in [6.45, 7) is 1.92. The molecule has 2 aromatic heterocycles. The van der Waals surface area contributed by atoms with Crippen LogP contribution in [0.4, 0.5) is 0 Å². The summed E-state index contributed by atoms with van der Waals surface area (Å²) in [6.07, 6.45) is 1.95. The molecule has 2 aromatic carbocycles. The van der Waals surface area contributed by atoms with Crippen molar-refractivity contribution >= 4 is 10.9 Å². The zero-order chi connectivity index (χ0) is 16.5. The largest absolute Gasteiger partial charge is 0.497 e. The third kappa shape index (κ3) is 2.63. The van der Waals surface area contributed by atoms with Crippen LogP contribution in [0.15, 0.2) is 60.8 Å². The number of fused-ring (bicyclic) bond motifs is 1. The molecular weight excluding hydrogens is 298 g/mol. The normalized spacial score (nSPS) is 10.9. The van der Waals surface area contributed by atoms with Gasteiger partial charge in [0.25, 0.3) is 0 Å². The summed E-state index contributed by atoms with van der Waals surface area (Å²) in [5, 5.41) is 1.18. The van der Waals surface area contributed by atoms with Crippen molar-refractivity contribution in [1.82, 2.24) is 15.0 Å². The fourth-order valence-corrected chi connectivity index (χ4v) is 2.84. The molecule has 0 fully saturated rings. The number of ether oxygens (including phenoxy) is 1. The molecular formula is C20H17N3O. The Balaban J connectivity index is 1.79. The highest BCUT2D eigenvalue weighted by Crippen LogP contribution is 2.27. The molecule has 0 radical (unpaired) electrons. The van der Waals surface area contributed by atoms with Crippen molar-refractivity contribution in [2.45, 2.75) is 6.92 Å². The number of aromatic nitrogens is 3. The predicted molar refractivity (Wildman–Crippen MR) is 96.0 cm³/mol. The first-order chi connectivity index (χ1) is 11.7. The Morgan fingerprint density at radius 1 is 0.833 bits per heavy atom. The standard InChI is InChI=1S/C20H17N3O/c1-13-22-19(14-3-6-17(24-2)7-4-14)12-20(23-13)15-5-8-18-16(11-15)9-10-21-18/h3-12,21H,1-2H3. The number of hydrogen-bond acceptors (Lipinski definition) is 3. The number of benzene rings is 2. The lowest BCUT2D eigenvalue weighted by atomic mass is 10.1. The first-order valence-corrected chi connectivity index (χ1v) is 7.80. The second-order valence-corrected chi connectivity index (χ2v) is 5.69. The molecule has 0 spiro atoms. The number of aryl methyl sites for hydroxylation is 1. The molecule has 2 heterocycles. The molecule has 24 heavy (non-hydrogen) atoms. The van der Waals surface area contributed by atoms with Crippen LogP contribution < -0.4 is 4.74 Å². The third-order valence-electron chi connectivity index (χ3n) is 4.07. The van der Waals surface area contributed by atoms with Crippen molar-refractivity contribution in [3.05, 3.63) is 66.6 Å². The van der Waals surface area contributed by atoms with Crippen LogP contribution in [0.25, 0.3) is 33.4 Å². The van der Waals surface area contributed by atoms with Gasteiger partial charge in [-0.1, -0.05) is 6.07 Å². The molecule has 118 valence electrons. The molecule has 0 aliphatic heterocycles. The van der Waals surface area contributed by atoms with E-state index >= 15 is 0 Å². The van der Waals surface area contributed by atoms with Crippen LogP contribution in [0.1, 0.15) is 5.82 Å². The molecule has 1 N–H and O–H groups in total. The summed E-state index contributed by atoms with van der Waals surface area (Å²) >= 11 is 0. The summed E-state index contributed by atoms with van der Waals surface area (Å²) in [5.41, 5.74) is 5.10. The van der Waals surface area contributed by atoms with Gasteiger partial charge < -0.3 is 9.72 Å². The Bertz CT molecular complexity index is 1000. The maximum Gasteiger partial charge on any atom is 0.126 e. The van der Waals surface area contributed by atoms with E-state index in [1.807, 2.05) is 43.5 Å². The van der Waals surface area contributed by atoms with Gasteiger partial charge in [-0.05, 0) is 55.5 Å². The van der Waals surface area contributed by atoms with E-state index < -0.39 is 0 Å². The fraction of sp³-hybridized carbons (Fsp3) is 0.100. The Labute approximate surface area is 140 Å². The Morgan fingerprint density at radius 3 is 2.29 bits per heavy atom. The van der Waals surface area contributed by atoms with E-state index in [0.717, 1.165) is 39.6 Å². The monoisotopic (exact) mass is 315 g/mol. The average molecular weight is 315 g/mol. The minimum Gasteiger partial charge on any atom is -0.497 e. The number of H-pyrrole nitrogens is 1. The molecule has 4 heteroatoms. The quantitative estimate of drug-likeness (QED) is 0.600. The molecule has 4 rings (SSSR count). The maximum absolute atomic E-state index is 5.22. The van der Waals surface area contributed by atoms with Crippen molar-refractivity contribution in [2.24, 2.45) is 0 Å². The molecule has 0 unspecified atom stereocenters. The zero-order valence-corrected chi connectivity index (χ0v) is 13.6. The van der Waals surface area contributed by atoms with Crippen LogP contribution in [0.2, 0.25) is 0 Å². The van der Waals surface area contributed by atoms with Crippen molar-refractivity contribution in [3.8, 4) is 28.3 Å². The molecule has 0 bridgehead atoms. The Morgan fingerprint density at radius 2 is 1.54 bits per heavy atom. The summed E-state index contributed by atoms with van der Waals surface area (Å²) < 4.78 is 5.22. The minimum atomic E-state index is 0.757. The molecule has 0 amide bonds. The molecule has 0 aliphatic carbocycles. The van der Waals surface area contributed by atoms with Gasteiger partial charge in [0.2, 0.25) is 0 Å². The minimum absolute atomic E-state index is 0.757. The van der Waals surface area contributed by atoms with E-state index in [9.17, 15) is 0 Å². The smallest absolute Gasteiger partial charge is 0.126 e. The van der Waals surface area contributed by atoms with E-state index in [1.165, 1.54) is 5.39 Å². The van der Waals surface area contributed by atoms with Gasteiger partial charge in [-0.2, -0.15) is 0 Å². The highest BCUT2D eigenvalue weighted by atomic mass is 16.5. The number of nitrogens with zero attached hydrogens (tertiary/aromatic N) is 2. The maximum atomic E-state index is 5.22.